The number of pyridine rings is 2. The summed E-state index contributed by atoms with van der Waals surface area (Å²) in [5.74, 6) is 0.493. The quantitative estimate of drug-likeness (QED) is 0.519. The van der Waals surface area contributed by atoms with Crippen molar-refractivity contribution < 1.29 is 28.8 Å². The maximum absolute atomic E-state index is 11.2. The smallest absolute Gasteiger partial charge is 0.411 e. The van der Waals surface area contributed by atoms with Gasteiger partial charge in [-0.25, -0.2) is 9.78 Å². The van der Waals surface area contributed by atoms with Gasteiger partial charge in [0.15, 0.2) is 0 Å². The van der Waals surface area contributed by atoms with Gasteiger partial charge in [0.05, 0.1) is 57.7 Å². The van der Waals surface area contributed by atoms with Crippen molar-refractivity contribution >= 4 is 23.9 Å². The summed E-state index contributed by atoms with van der Waals surface area (Å²) < 4.78 is 20.7. The van der Waals surface area contributed by atoms with Gasteiger partial charge in [-0.2, -0.15) is 0 Å². The maximum atomic E-state index is 11.2. The third kappa shape index (κ3) is 8.69. The van der Waals surface area contributed by atoms with Crippen LogP contribution in [0.5, 0.6) is 5.88 Å². The fraction of sp³-hybridized carbons (Fsp3) is 0.350. The molecule has 2 aromatic rings. The number of rotatable bonds is 12. The SMILES string of the molecule is COC(=O)Nc1ccc(/C=C/c2cccnc2OCCOCCOCCO)nc1. The molecule has 2 heterocycles. The van der Waals surface area contributed by atoms with Crippen molar-refractivity contribution in [1.82, 2.24) is 9.97 Å². The molecule has 0 aliphatic carbocycles. The van der Waals surface area contributed by atoms with Gasteiger partial charge in [0.25, 0.3) is 0 Å². The van der Waals surface area contributed by atoms with E-state index in [0.29, 0.717) is 50.3 Å². The normalized spacial score (nSPS) is 10.8. The Kier molecular flexibility index (Phi) is 10.2. The highest BCUT2D eigenvalue weighted by Crippen LogP contribution is 2.17. The van der Waals surface area contributed by atoms with E-state index >= 15 is 0 Å². The van der Waals surface area contributed by atoms with Crippen LogP contribution in [-0.4, -0.2) is 67.9 Å². The highest BCUT2D eigenvalue weighted by Gasteiger charge is 2.03. The van der Waals surface area contributed by atoms with Crippen LogP contribution < -0.4 is 10.1 Å². The van der Waals surface area contributed by atoms with Gasteiger partial charge in [0, 0.05) is 11.8 Å². The van der Waals surface area contributed by atoms with E-state index in [0.717, 1.165) is 5.56 Å². The molecule has 2 N–H and O–H groups in total. The Labute approximate surface area is 169 Å². The van der Waals surface area contributed by atoms with Gasteiger partial charge in [0.1, 0.15) is 6.61 Å². The van der Waals surface area contributed by atoms with E-state index in [9.17, 15) is 4.79 Å². The molecule has 0 aliphatic rings. The van der Waals surface area contributed by atoms with Gasteiger partial charge < -0.3 is 24.1 Å². The van der Waals surface area contributed by atoms with Gasteiger partial charge in [-0.15, -0.1) is 0 Å². The van der Waals surface area contributed by atoms with Gasteiger partial charge in [-0.3, -0.25) is 10.3 Å². The number of aliphatic hydroxyl groups is 1. The van der Waals surface area contributed by atoms with Crippen molar-refractivity contribution in [2.45, 2.75) is 0 Å². The molecular weight excluding hydrogens is 378 g/mol. The molecule has 0 saturated heterocycles. The second kappa shape index (κ2) is 13.2. The summed E-state index contributed by atoms with van der Waals surface area (Å²) in [6.07, 6.45) is 6.32. The lowest BCUT2D eigenvalue weighted by Gasteiger charge is -2.08. The maximum Gasteiger partial charge on any atom is 0.411 e. The van der Waals surface area contributed by atoms with E-state index in [1.54, 1.807) is 24.5 Å². The fourth-order valence-corrected chi connectivity index (χ4v) is 2.16. The van der Waals surface area contributed by atoms with E-state index in [4.69, 9.17) is 19.3 Å². The largest absolute Gasteiger partial charge is 0.475 e. The number of hydrogen-bond acceptors (Lipinski definition) is 8. The lowest BCUT2D eigenvalue weighted by Crippen LogP contribution is -2.12. The summed E-state index contributed by atoms with van der Waals surface area (Å²) in [5.41, 5.74) is 2.06. The Bertz CT molecular complexity index is 767. The molecule has 2 rings (SSSR count). The minimum absolute atomic E-state index is 0.00310. The van der Waals surface area contributed by atoms with E-state index < -0.39 is 6.09 Å². The molecule has 0 unspecified atom stereocenters. The molecule has 0 bridgehead atoms. The number of nitrogens with one attached hydrogen (secondary N) is 1. The first kappa shape index (κ1) is 22.3. The zero-order chi connectivity index (χ0) is 20.7. The second-order valence-corrected chi connectivity index (χ2v) is 5.62. The molecule has 2 aromatic heterocycles. The number of nitrogens with zero attached hydrogens (tertiary/aromatic N) is 2. The number of aromatic nitrogens is 2. The number of ether oxygens (including phenoxy) is 4. The first-order valence-corrected chi connectivity index (χ1v) is 9.06. The number of anilines is 1. The highest BCUT2D eigenvalue weighted by molar-refractivity contribution is 5.84. The van der Waals surface area contributed by atoms with Crippen molar-refractivity contribution in [2.75, 3.05) is 52.1 Å². The van der Waals surface area contributed by atoms with Crippen LogP contribution in [0.4, 0.5) is 10.5 Å². The molecule has 1 amide bonds. The predicted molar refractivity (Wildman–Crippen MR) is 108 cm³/mol. The van der Waals surface area contributed by atoms with Crippen molar-refractivity contribution in [3.8, 4) is 5.88 Å². The van der Waals surface area contributed by atoms with Gasteiger partial charge in [-0.05, 0) is 36.4 Å². The molecule has 9 heteroatoms. The van der Waals surface area contributed by atoms with Crippen molar-refractivity contribution in [1.29, 1.82) is 0 Å². The van der Waals surface area contributed by atoms with Gasteiger partial charge in [-0.1, -0.05) is 0 Å². The van der Waals surface area contributed by atoms with Gasteiger partial charge >= 0.3 is 6.09 Å². The molecule has 0 radical (unpaired) electrons. The Balaban J connectivity index is 1.82. The monoisotopic (exact) mass is 403 g/mol. The van der Waals surface area contributed by atoms with Crippen molar-refractivity contribution in [2.24, 2.45) is 0 Å². The van der Waals surface area contributed by atoms with Crippen molar-refractivity contribution in [3.63, 3.8) is 0 Å². The topological polar surface area (TPSA) is 112 Å². The van der Waals surface area contributed by atoms with E-state index in [1.807, 2.05) is 24.3 Å². The number of hydrogen-bond donors (Lipinski definition) is 2. The zero-order valence-electron chi connectivity index (χ0n) is 16.2. The molecule has 0 saturated carbocycles. The molecular formula is C20H25N3O6. The number of aliphatic hydroxyl groups excluding tert-OH is 1. The number of carbonyl (C=O) groups is 1. The Hall–Kier alpha value is -3.01. The van der Waals surface area contributed by atoms with Crippen LogP contribution in [0.3, 0.4) is 0 Å². The summed E-state index contributed by atoms with van der Waals surface area (Å²) in [6, 6.07) is 7.20. The van der Waals surface area contributed by atoms with Crippen LogP contribution in [0, 0.1) is 0 Å². The molecule has 9 nitrogen and oxygen atoms in total. The lowest BCUT2D eigenvalue weighted by atomic mass is 10.2. The first-order valence-electron chi connectivity index (χ1n) is 9.06. The molecule has 0 spiro atoms. The molecule has 29 heavy (non-hydrogen) atoms. The fourth-order valence-electron chi connectivity index (χ4n) is 2.16. The minimum atomic E-state index is -0.547. The molecule has 0 aromatic carbocycles. The average Bonchev–Trinajstić information content (AvgIpc) is 2.75. The molecule has 0 atom stereocenters. The highest BCUT2D eigenvalue weighted by atomic mass is 16.5. The van der Waals surface area contributed by atoms with E-state index in [2.05, 4.69) is 20.0 Å². The lowest BCUT2D eigenvalue weighted by molar-refractivity contribution is 0.0243. The van der Waals surface area contributed by atoms with Crippen molar-refractivity contribution in [3.05, 3.63) is 47.9 Å². The molecule has 156 valence electrons. The Morgan fingerprint density at radius 1 is 1.07 bits per heavy atom. The Morgan fingerprint density at radius 2 is 1.86 bits per heavy atom. The van der Waals surface area contributed by atoms with E-state index in [1.165, 1.54) is 7.11 Å². The van der Waals surface area contributed by atoms with E-state index in [-0.39, 0.29) is 6.61 Å². The number of amides is 1. The van der Waals surface area contributed by atoms with Gasteiger partial charge in [0.2, 0.25) is 5.88 Å². The molecule has 0 aliphatic heterocycles. The number of methoxy groups -OCH3 is 1. The summed E-state index contributed by atoms with van der Waals surface area (Å²) in [4.78, 5) is 19.7. The van der Waals surface area contributed by atoms with Crippen LogP contribution in [0.25, 0.3) is 12.2 Å². The standard InChI is InChI=1S/C20H25N3O6/c1-26-20(25)23-18-7-6-17(22-15-18)5-4-16-3-2-8-21-19(16)29-14-13-28-12-11-27-10-9-24/h2-8,15,24H,9-14H2,1H3,(H,23,25)/b5-4+. The third-order valence-corrected chi connectivity index (χ3v) is 3.53. The summed E-state index contributed by atoms with van der Waals surface area (Å²) >= 11 is 0. The summed E-state index contributed by atoms with van der Waals surface area (Å²) in [7, 11) is 1.30. The second-order valence-electron chi connectivity index (χ2n) is 5.62. The van der Waals surface area contributed by atoms with Crippen LogP contribution in [0.1, 0.15) is 11.3 Å². The summed E-state index contributed by atoms with van der Waals surface area (Å²) in [6.45, 7) is 1.93. The predicted octanol–water partition coefficient (Wildman–Crippen LogP) is 2.23. The van der Waals surface area contributed by atoms with Crippen LogP contribution in [0.15, 0.2) is 36.7 Å². The third-order valence-electron chi connectivity index (χ3n) is 3.53. The van der Waals surface area contributed by atoms with Crippen LogP contribution in [0.2, 0.25) is 0 Å². The van der Waals surface area contributed by atoms with Crippen LogP contribution >= 0.6 is 0 Å². The minimum Gasteiger partial charge on any atom is -0.475 e. The first-order chi connectivity index (χ1) is 14.2. The summed E-state index contributed by atoms with van der Waals surface area (Å²) in [5, 5.41) is 11.1. The van der Waals surface area contributed by atoms with Crippen LogP contribution in [-0.2, 0) is 14.2 Å². The Morgan fingerprint density at radius 3 is 2.59 bits per heavy atom. The number of carbonyl (C=O) groups excluding carboxylic acids is 1. The average molecular weight is 403 g/mol. The molecule has 0 fully saturated rings. The zero-order valence-corrected chi connectivity index (χ0v) is 16.2.